The molecule has 4 rings (SSSR count). The van der Waals surface area contributed by atoms with E-state index < -0.39 is 18.1 Å². The maximum atomic E-state index is 13.0. The molecule has 3 atom stereocenters. The van der Waals surface area contributed by atoms with Crippen molar-refractivity contribution in [3.05, 3.63) is 0 Å². The first-order valence-corrected chi connectivity index (χ1v) is 8.86. The van der Waals surface area contributed by atoms with Gasteiger partial charge in [0.25, 0.3) is 5.92 Å². The Morgan fingerprint density at radius 2 is 1.82 bits per heavy atom. The van der Waals surface area contributed by atoms with Gasteiger partial charge in [-0.1, -0.05) is 20.3 Å². The van der Waals surface area contributed by atoms with E-state index in [0.29, 0.717) is 30.3 Å². The summed E-state index contributed by atoms with van der Waals surface area (Å²) in [6, 6.07) is 0. The molecule has 0 radical (unpaired) electrons. The largest absolute Gasteiger partial charge is 0.389 e. The summed E-state index contributed by atoms with van der Waals surface area (Å²) < 4.78 is 31.4. The van der Waals surface area contributed by atoms with E-state index in [9.17, 15) is 13.9 Å². The summed E-state index contributed by atoms with van der Waals surface area (Å²) in [5.74, 6) is -1.10. The van der Waals surface area contributed by atoms with Crippen molar-refractivity contribution in [3.63, 3.8) is 0 Å². The van der Waals surface area contributed by atoms with Crippen LogP contribution in [0.1, 0.15) is 59.3 Å². The average Bonchev–Trinajstić information content (AvgIpc) is 2.41. The van der Waals surface area contributed by atoms with Crippen LogP contribution >= 0.6 is 0 Å². The van der Waals surface area contributed by atoms with Crippen molar-refractivity contribution in [3.8, 4) is 0 Å². The van der Waals surface area contributed by atoms with Crippen molar-refractivity contribution in [2.24, 2.45) is 29.1 Å². The van der Waals surface area contributed by atoms with Gasteiger partial charge in [-0.3, -0.25) is 0 Å². The Bertz CT molecular complexity index is 402. The number of hydrogen-bond acceptors (Lipinski definition) is 2. The fourth-order valence-corrected chi connectivity index (χ4v) is 5.94. The third-order valence-corrected chi connectivity index (χ3v) is 6.79. The molecule has 2 nitrogen and oxygen atoms in total. The second-order valence-corrected chi connectivity index (χ2v) is 8.60. The van der Waals surface area contributed by atoms with Crippen LogP contribution in [0.3, 0.4) is 0 Å². The molecule has 0 spiro atoms. The number of alkyl halides is 2. The van der Waals surface area contributed by atoms with E-state index in [0.717, 1.165) is 45.4 Å². The van der Waals surface area contributed by atoms with Gasteiger partial charge in [0.15, 0.2) is 0 Å². The molecule has 0 amide bonds. The maximum Gasteiger partial charge on any atom is 0.268 e. The van der Waals surface area contributed by atoms with Crippen LogP contribution in [0.25, 0.3) is 0 Å². The first-order chi connectivity index (χ1) is 10.2. The zero-order valence-electron chi connectivity index (χ0n) is 14.1. The summed E-state index contributed by atoms with van der Waals surface area (Å²) in [4.78, 5) is 0. The smallest absolute Gasteiger partial charge is 0.268 e. The van der Waals surface area contributed by atoms with E-state index in [1.807, 2.05) is 0 Å². The predicted octanol–water partition coefficient (Wildman–Crippen LogP) is 4.26. The van der Waals surface area contributed by atoms with E-state index >= 15 is 0 Å². The van der Waals surface area contributed by atoms with Crippen molar-refractivity contribution in [2.45, 2.75) is 70.8 Å². The van der Waals surface area contributed by atoms with Crippen LogP contribution in [0.5, 0.6) is 0 Å². The Morgan fingerprint density at radius 1 is 1.23 bits per heavy atom. The minimum Gasteiger partial charge on any atom is -0.389 e. The molecule has 22 heavy (non-hydrogen) atoms. The van der Waals surface area contributed by atoms with Crippen molar-refractivity contribution in [2.75, 3.05) is 13.2 Å². The van der Waals surface area contributed by atoms with Gasteiger partial charge in [0, 0.05) is 6.92 Å². The van der Waals surface area contributed by atoms with E-state index in [1.165, 1.54) is 0 Å². The summed E-state index contributed by atoms with van der Waals surface area (Å²) in [6.45, 7) is 5.19. The second kappa shape index (κ2) is 5.41. The lowest BCUT2D eigenvalue weighted by molar-refractivity contribution is -0.235. The Hall–Kier alpha value is -0.220. The molecule has 0 heterocycles. The van der Waals surface area contributed by atoms with Gasteiger partial charge in [-0.2, -0.15) is 0 Å². The normalized spacial score (nSPS) is 45.3. The summed E-state index contributed by atoms with van der Waals surface area (Å²) in [5.41, 5.74) is -0.495. The van der Waals surface area contributed by atoms with E-state index in [-0.39, 0.29) is 5.41 Å². The van der Waals surface area contributed by atoms with Crippen molar-refractivity contribution >= 4 is 0 Å². The lowest BCUT2D eigenvalue weighted by Gasteiger charge is -2.65. The van der Waals surface area contributed by atoms with Crippen LogP contribution in [0.2, 0.25) is 0 Å². The molecule has 0 aliphatic heterocycles. The molecule has 0 aromatic heterocycles. The molecule has 4 aliphatic rings. The molecule has 128 valence electrons. The van der Waals surface area contributed by atoms with Crippen LogP contribution < -0.4 is 0 Å². The Labute approximate surface area is 132 Å². The molecule has 0 saturated heterocycles. The maximum absolute atomic E-state index is 13.0. The molecule has 3 unspecified atom stereocenters. The van der Waals surface area contributed by atoms with E-state index in [1.54, 1.807) is 0 Å². The standard InChI is InChI=1S/C18H30F2O2/c1-4-12(2)18(21)14-5-13-6-15(18)9-17(7-13,8-14)11-22-10-16(3,19)20/h12-15,21H,4-11H2,1-3H3. The average molecular weight is 316 g/mol. The van der Waals surface area contributed by atoms with Gasteiger partial charge in [0.1, 0.15) is 6.61 Å². The zero-order chi connectivity index (χ0) is 16.2. The Kier molecular flexibility index (Phi) is 4.09. The molecule has 4 heteroatoms. The van der Waals surface area contributed by atoms with Crippen molar-refractivity contribution in [1.29, 1.82) is 0 Å². The highest BCUT2D eigenvalue weighted by Crippen LogP contribution is 2.65. The van der Waals surface area contributed by atoms with Gasteiger partial charge in [-0.15, -0.1) is 0 Å². The lowest BCUT2D eigenvalue weighted by atomic mass is 9.43. The van der Waals surface area contributed by atoms with Crippen LogP contribution in [0.4, 0.5) is 8.78 Å². The van der Waals surface area contributed by atoms with Gasteiger partial charge in [-0.25, -0.2) is 8.78 Å². The number of rotatable bonds is 6. The fraction of sp³-hybridized carbons (Fsp3) is 1.00. The number of ether oxygens (including phenoxy) is 1. The molecular weight excluding hydrogens is 286 g/mol. The van der Waals surface area contributed by atoms with Gasteiger partial charge in [-0.05, 0) is 61.2 Å². The summed E-state index contributed by atoms with van der Waals surface area (Å²) in [6.07, 6.45) is 6.24. The first kappa shape index (κ1) is 16.6. The first-order valence-electron chi connectivity index (χ1n) is 8.86. The molecule has 4 bridgehead atoms. The second-order valence-electron chi connectivity index (χ2n) is 8.60. The van der Waals surface area contributed by atoms with Gasteiger partial charge in [0.2, 0.25) is 0 Å². The number of halogens is 2. The van der Waals surface area contributed by atoms with Crippen LogP contribution in [0, 0.1) is 29.1 Å². The van der Waals surface area contributed by atoms with Crippen LogP contribution in [-0.4, -0.2) is 29.8 Å². The fourth-order valence-electron chi connectivity index (χ4n) is 5.94. The number of hydrogen-bond donors (Lipinski definition) is 1. The highest BCUT2D eigenvalue weighted by Gasteiger charge is 2.62. The molecule has 1 N–H and O–H groups in total. The minimum absolute atomic E-state index is 0.0431. The van der Waals surface area contributed by atoms with Crippen LogP contribution in [-0.2, 0) is 4.74 Å². The monoisotopic (exact) mass is 316 g/mol. The molecule has 0 aromatic carbocycles. The van der Waals surface area contributed by atoms with E-state index in [4.69, 9.17) is 4.74 Å². The molecule has 4 saturated carbocycles. The molecule has 4 fully saturated rings. The lowest BCUT2D eigenvalue weighted by Crippen LogP contribution is -2.64. The van der Waals surface area contributed by atoms with E-state index in [2.05, 4.69) is 13.8 Å². The topological polar surface area (TPSA) is 29.5 Å². The minimum atomic E-state index is -2.75. The molecule has 4 aliphatic carbocycles. The quantitative estimate of drug-likeness (QED) is 0.793. The van der Waals surface area contributed by atoms with Gasteiger partial charge < -0.3 is 9.84 Å². The summed E-state index contributed by atoms with van der Waals surface area (Å²) in [7, 11) is 0. The summed E-state index contributed by atoms with van der Waals surface area (Å²) >= 11 is 0. The van der Waals surface area contributed by atoms with Crippen molar-refractivity contribution in [1.82, 2.24) is 0 Å². The van der Waals surface area contributed by atoms with Crippen molar-refractivity contribution < 1.29 is 18.6 Å². The third kappa shape index (κ3) is 2.71. The van der Waals surface area contributed by atoms with Crippen LogP contribution in [0.15, 0.2) is 0 Å². The predicted molar refractivity (Wildman–Crippen MR) is 81.8 cm³/mol. The summed E-state index contributed by atoms with van der Waals surface area (Å²) in [5, 5.41) is 11.4. The highest BCUT2D eigenvalue weighted by atomic mass is 19.3. The highest BCUT2D eigenvalue weighted by molar-refractivity contribution is 5.12. The third-order valence-electron chi connectivity index (χ3n) is 6.79. The zero-order valence-corrected chi connectivity index (χ0v) is 14.1. The number of aliphatic hydroxyl groups is 1. The molecule has 0 aromatic rings. The SMILES string of the molecule is CCC(C)C1(O)C2CC3CC1CC(COCC(C)(F)F)(C3)C2. The Morgan fingerprint density at radius 3 is 2.32 bits per heavy atom. The van der Waals surface area contributed by atoms with Gasteiger partial charge in [0.05, 0.1) is 12.2 Å². The Balaban J connectivity index is 1.71. The molecular formula is C18H30F2O2. The van der Waals surface area contributed by atoms with Gasteiger partial charge >= 0.3 is 0 Å².